The molecule has 1 aromatic rings. The average Bonchev–Trinajstić information content (AvgIpc) is 2.44. The molecule has 0 aromatic heterocycles. The summed E-state index contributed by atoms with van der Waals surface area (Å²) in [6, 6.07) is 2.59. The van der Waals surface area contributed by atoms with Gasteiger partial charge in [0.25, 0.3) is 5.91 Å². The highest BCUT2D eigenvalue weighted by Crippen LogP contribution is 2.39. The largest absolute Gasteiger partial charge is 0.493 e. The predicted octanol–water partition coefficient (Wildman–Crippen LogP) is 1.42. The fourth-order valence-electron chi connectivity index (χ4n) is 1.66. The van der Waals surface area contributed by atoms with Crippen molar-refractivity contribution < 1.29 is 23.8 Å². The molecule has 0 aliphatic heterocycles. The molecular formula is C14H19NO5. The van der Waals surface area contributed by atoms with Crippen molar-refractivity contribution in [2.75, 3.05) is 21.3 Å². The lowest BCUT2D eigenvalue weighted by atomic mass is 10.1. The Kier molecular flexibility index (Phi) is 5.37. The quantitative estimate of drug-likeness (QED) is 0.853. The summed E-state index contributed by atoms with van der Waals surface area (Å²) in [7, 11) is 4.39. The Morgan fingerprint density at radius 3 is 2.10 bits per heavy atom. The van der Waals surface area contributed by atoms with Crippen molar-refractivity contribution >= 4 is 11.7 Å². The monoisotopic (exact) mass is 281 g/mol. The molecule has 1 amide bonds. The van der Waals surface area contributed by atoms with E-state index in [2.05, 4.69) is 5.32 Å². The molecule has 1 rings (SSSR count). The first-order chi connectivity index (χ1) is 9.46. The molecule has 110 valence electrons. The van der Waals surface area contributed by atoms with Gasteiger partial charge in [0.2, 0.25) is 5.75 Å². The molecule has 0 aliphatic carbocycles. The number of amides is 1. The third-order valence-electron chi connectivity index (χ3n) is 2.91. The molecule has 0 heterocycles. The van der Waals surface area contributed by atoms with Gasteiger partial charge in [-0.3, -0.25) is 9.59 Å². The topological polar surface area (TPSA) is 73.9 Å². The minimum Gasteiger partial charge on any atom is -0.493 e. The number of hydrogen-bond acceptors (Lipinski definition) is 5. The first kappa shape index (κ1) is 15.8. The maximum absolute atomic E-state index is 12.2. The van der Waals surface area contributed by atoms with Crippen molar-refractivity contribution in [3.8, 4) is 17.2 Å². The average molecular weight is 281 g/mol. The summed E-state index contributed by atoms with van der Waals surface area (Å²) >= 11 is 0. The molecule has 1 aromatic carbocycles. The first-order valence-corrected chi connectivity index (χ1v) is 6.06. The Hall–Kier alpha value is -2.24. The van der Waals surface area contributed by atoms with Crippen LogP contribution in [0.1, 0.15) is 24.2 Å². The van der Waals surface area contributed by atoms with Crippen LogP contribution in [0.25, 0.3) is 0 Å². The van der Waals surface area contributed by atoms with Gasteiger partial charge in [-0.1, -0.05) is 0 Å². The van der Waals surface area contributed by atoms with Crippen molar-refractivity contribution in [2.45, 2.75) is 19.9 Å². The highest BCUT2D eigenvalue weighted by molar-refractivity contribution is 6.00. The molecule has 1 atom stereocenters. The van der Waals surface area contributed by atoms with Crippen molar-refractivity contribution in [1.29, 1.82) is 0 Å². The fraction of sp³-hybridized carbons (Fsp3) is 0.429. The van der Waals surface area contributed by atoms with Crippen LogP contribution >= 0.6 is 0 Å². The van der Waals surface area contributed by atoms with Crippen LogP contribution in [0.15, 0.2) is 12.1 Å². The van der Waals surface area contributed by atoms with Crippen molar-refractivity contribution in [3.05, 3.63) is 17.7 Å². The van der Waals surface area contributed by atoms with Gasteiger partial charge in [0, 0.05) is 0 Å². The Bertz CT molecular complexity index is 513. The number of ether oxygens (including phenoxy) is 3. The summed E-state index contributed by atoms with van der Waals surface area (Å²) in [6.45, 7) is 3.03. The van der Waals surface area contributed by atoms with Crippen LogP contribution in [0.3, 0.4) is 0 Å². The van der Waals surface area contributed by atoms with Gasteiger partial charge in [-0.25, -0.2) is 0 Å². The second kappa shape index (κ2) is 6.79. The lowest BCUT2D eigenvalue weighted by molar-refractivity contribution is -0.118. The van der Waals surface area contributed by atoms with Crippen LogP contribution in [0.2, 0.25) is 0 Å². The summed E-state index contributed by atoms with van der Waals surface area (Å²) in [4.78, 5) is 23.4. The maximum Gasteiger partial charge on any atom is 0.255 e. The number of ketones is 1. The van der Waals surface area contributed by atoms with Gasteiger partial charge in [-0.05, 0) is 26.0 Å². The van der Waals surface area contributed by atoms with Crippen LogP contribution in [-0.2, 0) is 4.79 Å². The van der Waals surface area contributed by atoms with E-state index in [-0.39, 0.29) is 17.1 Å². The number of benzene rings is 1. The zero-order valence-corrected chi connectivity index (χ0v) is 12.3. The smallest absolute Gasteiger partial charge is 0.255 e. The van der Waals surface area contributed by atoms with Crippen molar-refractivity contribution in [2.24, 2.45) is 0 Å². The van der Waals surface area contributed by atoms with Gasteiger partial charge in [0.15, 0.2) is 17.3 Å². The summed E-state index contributed by atoms with van der Waals surface area (Å²) in [6.07, 6.45) is 0. The Labute approximate surface area is 118 Å². The Balaban J connectivity index is 3.18. The molecule has 0 bridgehead atoms. The number of methoxy groups -OCH3 is 3. The Morgan fingerprint density at radius 1 is 1.05 bits per heavy atom. The van der Waals surface area contributed by atoms with E-state index >= 15 is 0 Å². The molecule has 6 heteroatoms. The van der Waals surface area contributed by atoms with Gasteiger partial charge in [-0.15, -0.1) is 0 Å². The van der Waals surface area contributed by atoms with Crippen molar-refractivity contribution in [1.82, 2.24) is 5.32 Å². The highest BCUT2D eigenvalue weighted by Gasteiger charge is 2.22. The SMILES string of the molecule is COc1ccc(C(=O)NC(C)C(C)=O)c(OC)c1OC. The molecule has 6 nitrogen and oxygen atoms in total. The number of Topliss-reactive ketones (excluding diaryl/α,β-unsaturated/α-hetero) is 1. The van der Waals surface area contributed by atoms with E-state index in [9.17, 15) is 9.59 Å². The van der Waals surface area contributed by atoms with E-state index < -0.39 is 11.9 Å². The number of nitrogens with one attached hydrogen (secondary N) is 1. The molecule has 0 radical (unpaired) electrons. The van der Waals surface area contributed by atoms with E-state index in [0.29, 0.717) is 11.5 Å². The van der Waals surface area contributed by atoms with E-state index in [1.165, 1.54) is 28.3 Å². The number of rotatable bonds is 6. The van der Waals surface area contributed by atoms with Crippen molar-refractivity contribution in [3.63, 3.8) is 0 Å². The summed E-state index contributed by atoms with van der Waals surface area (Å²) in [5, 5.41) is 2.59. The number of carbonyl (C=O) groups excluding carboxylic acids is 2. The lowest BCUT2D eigenvalue weighted by Gasteiger charge is -2.16. The zero-order chi connectivity index (χ0) is 15.3. The minimum absolute atomic E-state index is 0.127. The molecule has 1 unspecified atom stereocenters. The number of carbonyl (C=O) groups is 2. The molecule has 1 N–H and O–H groups in total. The molecule has 0 fully saturated rings. The van der Waals surface area contributed by atoms with E-state index in [4.69, 9.17) is 14.2 Å². The van der Waals surface area contributed by atoms with Gasteiger partial charge in [0.05, 0.1) is 32.9 Å². The molecule has 0 aliphatic rings. The Morgan fingerprint density at radius 2 is 1.65 bits per heavy atom. The third kappa shape index (κ3) is 3.20. The predicted molar refractivity (Wildman–Crippen MR) is 73.7 cm³/mol. The summed E-state index contributed by atoms with van der Waals surface area (Å²) < 4.78 is 15.6. The molecule has 0 saturated heterocycles. The van der Waals surface area contributed by atoms with E-state index in [1.807, 2.05) is 0 Å². The van der Waals surface area contributed by atoms with E-state index in [1.54, 1.807) is 19.1 Å². The molecular weight excluding hydrogens is 262 g/mol. The van der Waals surface area contributed by atoms with Gasteiger partial charge in [-0.2, -0.15) is 0 Å². The van der Waals surface area contributed by atoms with Gasteiger partial charge in [0.1, 0.15) is 0 Å². The standard InChI is InChI=1S/C14H19NO5/c1-8(9(2)16)15-14(17)10-6-7-11(18-3)13(20-5)12(10)19-4/h6-8H,1-5H3,(H,15,17). The normalized spacial score (nSPS) is 11.4. The maximum atomic E-state index is 12.2. The molecule has 0 saturated carbocycles. The minimum atomic E-state index is -0.569. The van der Waals surface area contributed by atoms with Crippen LogP contribution in [0, 0.1) is 0 Å². The van der Waals surface area contributed by atoms with Crippen LogP contribution in [0.4, 0.5) is 0 Å². The number of hydrogen-bond donors (Lipinski definition) is 1. The second-order valence-electron chi connectivity index (χ2n) is 4.19. The summed E-state index contributed by atoms with van der Waals surface area (Å²) in [5.41, 5.74) is 0.276. The molecule has 20 heavy (non-hydrogen) atoms. The van der Waals surface area contributed by atoms with Gasteiger partial charge >= 0.3 is 0 Å². The first-order valence-electron chi connectivity index (χ1n) is 6.06. The fourth-order valence-corrected chi connectivity index (χ4v) is 1.66. The lowest BCUT2D eigenvalue weighted by Crippen LogP contribution is -2.37. The molecule has 0 spiro atoms. The van der Waals surface area contributed by atoms with E-state index in [0.717, 1.165) is 0 Å². The zero-order valence-electron chi connectivity index (χ0n) is 12.3. The highest BCUT2D eigenvalue weighted by atomic mass is 16.5. The van der Waals surface area contributed by atoms with Gasteiger partial charge < -0.3 is 19.5 Å². The second-order valence-corrected chi connectivity index (χ2v) is 4.19. The van der Waals surface area contributed by atoms with Crippen LogP contribution in [-0.4, -0.2) is 39.1 Å². The van der Waals surface area contributed by atoms with Crippen LogP contribution in [0.5, 0.6) is 17.2 Å². The third-order valence-corrected chi connectivity index (χ3v) is 2.91. The summed E-state index contributed by atoms with van der Waals surface area (Å²) in [5.74, 6) is 0.516. The van der Waals surface area contributed by atoms with Crippen LogP contribution < -0.4 is 19.5 Å².